The number of halogens is 3. The summed E-state index contributed by atoms with van der Waals surface area (Å²) in [5, 5.41) is 13.4. The van der Waals surface area contributed by atoms with Crippen LogP contribution in [0.3, 0.4) is 0 Å². The van der Waals surface area contributed by atoms with Gasteiger partial charge in [0.15, 0.2) is 5.82 Å². The summed E-state index contributed by atoms with van der Waals surface area (Å²) >= 11 is 3.17. The first kappa shape index (κ1) is 15.4. The van der Waals surface area contributed by atoms with Gasteiger partial charge in [-0.05, 0) is 30.2 Å². The highest BCUT2D eigenvalue weighted by Gasteiger charge is 2.13. The van der Waals surface area contributed by atoms with Crippen molar-refractivity contribution in [3.63, 3.8) is 0 Å². The van der Waals surface area contributed by atoms with Crippen molar-refractivity contribution in [1.29, 1.82) is 0 Å². The number of aryl methyl sites for hydroxylation is 1. The SMILES string of the molecule is Cc1ccc(F)c(NCc2cc(Br)cc([N+](=O)[O-])c2)c1F. The number of nitrogens with zero attached hydrogens (tertiary/aromatic N) is 1. The third-order valence-corrected chi connectivity index (χ3v) is 3.36. The molecule has 0 aromatic heterocycles. The molecule has 2 aromatic carbocycles. The first-order valence-corrected chi connectivity index (χ1v) is 6.80. The molecule has 2 aromatic rings. The molecular weight excluding hydrogens is 346 g/mol. The quantitative estimate of drug-likeness (QED) is 0.645. The molecule has 0 heterocycles. The van der Waals surface area contributed by atoms with Crippen LogP contribution in [0.25, 0.3) is 0 Å². The first-order valence-electron chi connectivity index (χ1n) is 6.01. The highest BCUT2D eigenvalue weighted by Crippen LogP contribution is 2.25. The van der Waals surface area contributed by atoms with Gasteiger partial charge in [-0.2, -0.15) is 0 Å². The standard InChI is InChI=1S/C14H11BrF2N2O2/c1-8-2-3-12(16)14(13(8)17)18-7-9-4-10(15)6-11(5-9)19(20)21/h2-6,18H,7H2,1H3. The van der Waals surface area contributed by atoms with Crippen molar-refractivity contribution < 1.29 is 13.7 Å². The average Bonchev–Trinajstić information content (AvgIpc) is 2.42. The second-order valence-electron chi connectivity index (χ2n) is 4.48. The van der Waals surface area contributed by atoms with E-state index in [0.717, 1.165) is 0 Å². The molecule has 0 saturated heterocycles. The highest BCUT2D eigenvalue weighted by atomic mass is 79.9. The number of benzene rings is 2. The fourth-order valence-electron chi connectivity index (χ4n) is 1.85. The number of hydrogen-bond acceptors (Lipinski definition) is 3. The summed E-state index contributed by atoms with van der Waals surface area (Å²) < 4.78 is 28.0. The van der Waals surface area contributed by atoms with E-state index in [0.29, 0.717) is 15.6 Å². The van der Waals surface area contributed by atoms with Crippen LogP contribution < -0.4 is 5.32 Å². The Morgan fingerprint density at radius 3 is 2.67 bits per heavy atom. The van der Waals surface area contributed by atoms with E-state index in [2.05, 4.69) is 21.2 Å². The Labute approximate surface area is 128 Å². The van der Waals surface area contributed by atoms with Gasteiger partial charge in [0, 0.05) is 23.2 Å². The number of non-ortho nitro benzene ring substituents is 1. The van der Waals surface area contributed by atoms with E-state index in [4.69, 9.17) is 0 Å². The minimum atomic E-state index is -0.706. The lowest BCUT2D eigenvalue weighted by molar-refractivity contribution is -0.385. The number of hydrogen-bond donors (Lipinski definition) is 1. The van der Waals surface area contributed by atoms with E-state index in [1.165, 1.54) is 31.2 Å². The van der Waals surface area contributed by atoms with E-state index in [9.17, 15) is 18.9 Å². The predicted octanol–water partition coefficient (Wildman–Crippen LogP) is 4.56. The van der Waals surface area contributed by atoms with Crippen molar-refractivity contribution in [2.45, 2.75) is 13.5 Å². The van der Waals surface area contributed by atoms with Gasteiger partial charge in [0.2, 0.25) is 0 Å². The predicted molar refractivity (Wildman–Crippen MR) is 79.2 cm³/mol. The fraction of sp³-hybridized carbons (Fsp3) is 0.143. The maximum absolute atomic E-state index is 13.8. The molecule has 110 valence electrons. The molecule has 7 heteroatoms. The summed E-state index contributed by atoms with van der Waals surface area (Å²) in [6.07, 6.45) is 0. The summed E-state index contributed by atoms with van der Waals surface area (Å²) in [7, 11) is 0. The molecule has 0 spiro atoms. The molecule has 0 unspecified atom stereocenters. The molecule has 0 amide bonds. The molecule has 1 N–H and O–H groups in total. The van der Waals surface area contributed by atoms with Crippen LogP contribution >= 0.6 is 15.9 Å². The van der Waals surface area contributed by atoms with Gasteiger partial charge in [-0.1, -0.05) is 22.0 Å². The van der Waals surface area contributed by atoms with Gasteiger partial charge < -0.3 is 5.32 Å². The maximum Gasteiger partial charge on any atom is 0.270 e. The lowest BCUT2D eigenvalue weighted by Crippen LogP contribution is -2.05. The number of nitro benzene ring substituents is 1. The smallest absolute Gasteiger partial charge is 0.270 e. The summed E-state index contributed by atoms with van der Waals surface area (Å²) in [5.74, 6) is -1.37. The topological polar surface area (TPSA) is 55.2 Å². The largest absolute Gasteiger partial charge is 0.376 e. The van der Waals surface area contributed by atoms with Crippen LogP contribution in [0.4, 0.5) is 20.2 Å². The van der Waals surface area contributed by atoms with E-state index in [1.807, 2.05) is 0 Å². The average molecular weight is 357 g/mol. The summed E-state index contributed by atoms with van der Waals surface area (Å²) in [6, 6.07) is 6.87. The number of anilines is 1. The molecule has 4 nitrogen and oxygen atoms in total. The molecule has 0 fully saturated rings. The third-order valence-electron chi connectivity index (χ3n) is 2.91. The second-order valence-corrected chi connectivity index (χ2v) is 5.40. The van der Waals surface area contributed by atoms with Crippen molar-refractivity contribution in [3.8, 4) is 0 Å². The van der Waals surface area contributed by atoms with Gasteiger partial charge in [0.05, 0.1) is 4.92 Å². The van der Waals surface area contributed by atoms with Crippen molar-refractivity contribution in [3.05, 3.63) is 67.7 Å². The molecule has 0 aliphatic rings. The molecular formula is C14H11BrF2N2O2. The van der Waals surface area contributed by atoms with Crippen LogP contribution in [0.2, 0.25) is 0 Å². The van der Waals surface area contributed by atoms with Crippen LogP contribution in [-0.4, -0.2) is 4.92 Å². The van der Waals surface area contributed by atoms with Gasteiger partial charge in [0.25, 0.3) is 5.69 Å². The molecule has 0 aliphatic carbocycles. The van der Waals surface area contributed by atoms with Crippen LogP contribution in [0.15, 0.2) is 34.8 Å². The van der Waals surface area contributed by atoms with Crippen LogP contribution in [0.1, 0.15) is 11.1 Å². The van der Waals surface area contributed by atoms with Gasteiger partial charge in [-0.25, -0.2) is 8.78 Å². The summed E-state index contributed by atoms with van der Waals surface area (Å²) in [6.45, 7) is 1.60. The Hall–Kier alpha value is -2.02. The highest BCUT2D eigenvalue weighted by molar-refractivity contribution is 9.10. The number of nitro groups is 1. The van der Waals surface area contributed by atoms with Crippen LogP contribution in [0.5, 0.6) is 0 Å². The summed E-state index contributed by atoms with van der Waals surface area (Å²) in [4.78, 5) is 10.3. The Bertz CT molecular complexity index is 708. The lowest BCUT2D eigenvalue weighted by atomic mass is 10.1. The molecule has 2 rings (SSSR count). The van der Waals surface area contributed by atoms with E-state index < -0.39 is 16.6 Å². The Morgan fingerprint density at radius 2 is 2.00 bits per heavy atom. The minimum absolute atomic E-state index is 0.0670. The van der Waals surface area contributed by atoms with E-state index >= 15 is 0 Å². The zero-order valence-corrected chi connectivity index (χ0v) is 12.6. The van der Waals surface area contributed by atoms with Crippen molar-refractivity contribution >= 4 is 27.3 Å². The zero-order valence-electron chi connectivity index (χ0n) is 11.0. The molecule has 0 atom stereocenters. The van der Waals surface area contributed by atoms with Gasteiger partial charge in [-0.3, -0.25) is 10.1 Å². The fourth-order valence-corrected chi connectivity index (χ4v) is 2.38. The molecule has 0 saturated carbocycles. The van der Waals surface area contributed by atoms with Gasteiger partial charge in [-0.15, -0.1) is 0 Å². The minimum Gasteiger partial charge on any atom is -0.376 e. The second kappa shape index (κ2) is 6.17. The Balaban J connectivity index is 2.25. The normalized spacial score (nSPS) is 10.5. The zero-order chi connectivity index (χ0) is 15.6. The first-order chi connectivity index (χ1) is 9.88. The van der Waals surface area contributed by atoms with Crippen molar-refractivity contribution in [2.75, 3.05) is 5.32 Å². The third kappa shape index (κ3) is 3.55. The van der Waals surface area contributed by atoms with Crippen LogP contribution in [-0.2, 0) is 6.54 Å². The molecule has 21 heavy (non-hydrogen) atoms. The van der Waals surface area contributed by atoms with Crippen LogP contribution in [0, 0.1) is 28.7 Å². The van der Waals surface area contributed by atoms with E-state index in [-0.39, 0.29) is 17.9 Å². The number of nitrogens with one attached hydrogen (secondary N) is 1. The summed E-state index contributed by atoms with van der Waals surface area (Å²) in [5.41, 5.74) is 0.527. The van der Waals surface area contributed by atoms with Crippen molar-refractivity contribution in [2.24, 2.45) is 0 Å². The molecule has 0 bridgehead atoms. The lowest BCUT2D eigenvalue weighted by Gasteiger charge is -2.10. The van der Waals surface area contributed by atoms with Gasteiger partial charge in [0.1, 0.15) is 11.5 Å². The van der Waals surface area contributed by atoms with Crippen molar-refractivity contribution in [1.82, 2.24) is 0 Å². The van der Waals surface area contributed by atoms with Gasteiger partial charge >= 0.3 is 0 Å². The Kier molecular flexibility index (Phi) is 4.52. The maximum atomic E-state index is 13.8. The number of rotatable bonds is 4. The molecule has 0 radical (unpaired) electrons. The van der Waals surface area contributed by atoms with E-state index in [1.54, 1.807) is 6.07 Å². The molecule has 0 aliphatic heterocycles. The monoisotopic (exact) mass is 356 g/mol. The Morgan fingerprint density at radius 1 is 1.29 bits per heavy atom.